The molecule has 0 aromatic heterocycles. The van der Waals surface area contributed by atoms with Crippen LogP contribution in [0, 0.1) is 5.92 Å². The fourth-order valence-electron chi connectivity index (χ4n) is 1.83. The molecule has 0 saturated carbocycles. The van der Waals surface area contributed by atoms with Gasteiger partial charge in [-0.15, -0.1) is 0 Å². The molecule has 3 heteroatoms. The smallest absolute Gasteiger partial charge is 0.188 e. The van der Waals surface area contributed by atoms with Crippen molar-refractivity contribution >= 4 is 5.78 Å². The zero-order chi connectivity index (χ0) is 14.1. The van der Waals surface area contributed by atoms with E-state index in [-0.39, 0.29) is 12.4 Å². The average molecular weight is 264 g/mol. The van der Waals surface area contributed by atoms with Gasteiger partial charge in [0.25, 0.3) is 0 Å². The molecule has 106 valence electrons. The summed E-state index contributed by atoms with van der Waals surface area (Å²) in [6.45, 7) is 7.68. The topological polar surface area (TPSA) is 35.5 Å². The molecular formula is C16H24O3. The van der Waals surface area contributed by atoms with Gasteiger partial charge in [-0.25, -0.2) is 0 Å². The molecule has 0 unspecified atom stereocenters. The first-order valence-corrected chi connectivity index (χ1v) is 7.05. The summed E-state index contributed by atoms with van der Waals surface area (Å²) in [6, 6.07) is 7.21. The van der Waals surface area contributed by atoms with Crippen LogP contribution in [-0.4, -0.2) is 25.6 Å². The molecule has 0 saturated heterocycles. The molecule has 0 heterocycles. The lowest BCUT2D eigenvalue weighted by Crippen LogP contribution is -2.14. The first kappa shape index (κ1) is 15.7. The average Bonchev–Trinajstić information content (AvgIpc) is 2.44. The van der Waals surface area contributed by atoms with Gasteiger partial charge in [0.05, 0.1) is 6.61 Å². The second kappa shape index (κ2) is 8.70. The Balaban J connectivity index is 2.40. The third-order valence-corrected chi connectivity index (χ3v) is 3.23. The Bertz CT molecular complexity index is 366. The van der Waals surface area contributed by atoms with E-state index in [1.54, 1.807) is 12.1 Å². The lowest BCUT2D eigenvalue weighted by Gasteiger charge is -2.12. The van der Waals surface area contributed by atoms with Crippen LogP contribution in [0.1, 0.15) is 44.0 Å². The summed E-state index contributed by atoms with van der Waals surface area (Å²) in [5, 5.41) is 0. The molecule has 19 heavy (non-hydrogen) atoms. The second-order valence-electron chi connectivity index (χ2n) is 4.58. The highest BCUT2D eigenvalue weighted by atomic mass is 16.5. The van der Waals surface area contributed by atoms with Crippen molar-refractivity contribution < 1.29 is 14.3 Å². The number of hydrogen-bond acceptors (Lipinski definition) is 3. The fourth-order valence-corrected chi connectivity index (χ4v) is 1.83. The summed E-state index contributed by atoms with van der Waals surface area (Å²) in [5.41, 5.74) is 0.674. The van der Waals surface area contributed by atoms with Crippen LogP contribution in [-0.2, 0) is 4.74 Å². The zero-order valence-electron chi connectivity index (χ0n) is 12.1. The van der Waals surface area contributed by atoms with E-state index in [1.807, 2.05) is 19.1 Å². The standard InChI is InChI=1S/C16H24O3/c1-4-13(5-2)11-18-12-16(17)14-7-9-15(10-8-14)19-6-3/h7-10,13H,4-6,11-12H2,1-3H3. The minimum absolute atomic E-state index is 0.0222. The third-order valence-electron chi connectivity index (χ3n) is 3.23. The van der Waals surface area contributed by atoms with Gasteiger partial charge in [0.2, 0.25) is 0 Å². The lowest BCUT2D eigenvalue weighted by molar-refractivity contribution is 0.0666. The molecule has 0 radical (unpaired) electrons. The number of rotatable bonds is 9. The largest absolute Gasteiger partial charge is 0.494 e. The van der Waals surface area contributed by atoms with Crippen LogP contribution < -0.4 is 4.74 Å². The van der Waals surface area contributed by atoms with Gasteiger partial charge < -0.3 is 9.47 Å². The van der Waals surface area contributed by atoms with Gasteiger partial charge >= 0.3 is 0 Å². The minimum atomic E-state index is 0.0222. The van der Waals surface area contributed by atoms with Gasteiger partial charge in [-0.1, -0.05) is 26.7 Å². The van der Waals surface area contributed by atoms with E-state index < -0.39 is 0 Å². The molecule has 0 aliphatic heterocycles. The Morgan fingerprint density at radius 2 is 1.74 bits per heavy atom. The Kier molecular flexibility index (Phi) is 7.19. The van der Waals surface area contributed by atoms with Crippen LogP contribution in [0.5, 0.6) is 5.75 Å². The molecule has 1 aromatic rings. The van der Waals surface area contributed by atoms with Gasteiger partial charge in [0.1, 0.15) is 12.4 Å². The van der Waals surface area contributed by atoms with Gasteiger partial charge in [-0.05, 0) is 37.1 Å². The summed E-state index contributed by atoms with van der Waals surface area (Å²) in [4.78, 5) is 11.9. The quantitative estimate of drug-likeness (QED) is 0.638. The van der Waals surface area contributed by atoms with Crippen molar-refractivity contribution in [2.24, 2.45) is 5.92 Å². The van der Waals surface area contributed by atoms with E-state index in [0.717, 1.165) is 18.6 Å². The van der Waals surface area contributed by atoms with Crippen molar-refractivity contribution in [3.05, 3.63) is 29.8 Å². The number of carbonyl (C=O) groups excluding carboxylic acids is 1. The Morgan fingerprint density at radius 3 is 2.26 bits per heavy atom. The summed E-state index contributed by atoms with van der Waals surface area (Å²) in [5.74, 6) is 1.36. The van der Waals surface area contributed by atoms with Gasteiger partial charge in [-0.3, -0.25) is 4.79 Å². The molecule has 0 aliphatic carbocycles. The van der Waals surface area contributed by atoms with E-state index in [4.69, 9.17) is 9.47 Å². The number of Topliss-reactive ketones (excluding diaryl/α,β-unsaturated/α-hetero) is 1. The zero-order valence-corrected chi connectivity index (χ0v) is 12.1. The van der Waals surface area contributed by atoms with Crippen molar-refractivity contribution in [3.8, 4) is 5.75 Å². The highest BCUT2D eigenvalue weighted by Gasteiger charge is 2.08. The number of carbonyl (C=O) groups is 1. The Morgan fingerprint density at radius 1 is 1.11 bits per heavy atom. The van der Waals surface area contributed by atoms with Crippen molar-refractivity contribution in [2.75, 3.05) is 19.8 Å². The summed E-state index contributed by atoms with van der Waals surface area (Å²) >= 11 is 0. The maximum Gasteiger partial charge on any atom is 0.188 e. The highest BCUT2D eigenvalue weighted by molar-refractivity contribution is 5.97. The molecule has 0 amide bonds. The minimum Gasteiger partial charge on any atom is -0.494 e. The molecule has 0 spiro atoms. The maximum atomic E-state index is 11.9. The van der Waals surface area contributed by atoms with Crippen LogP contribution >= 0.6 is 0 Å². The first-order chi connectivity index (χ1) is 9.21. The molecule has 3 nitrogen and oxygen atoms in total. The number of ether oxygens (including phenoxy) is 2. The molecule has 0 atom stereocenters. The van der Waals surface area contributed by atoms with Crippen LogP contribution in [0.15, 0.2) is 24.3 Å². The Labute approximate surface area is 115 Å². The van der Waals surface area contributed by atoms with Crippen LogP contribution in [0.3, 0.4) is 0 Å². The SMILES string of the molecule is CCOc1ccc(C(=O)COCC(CC)CC)cc1. The molecular weight excluding hydrogens is 240 g/mol. The normalized spacial score (nSPS) is 10.7. The van der Waals surface area contributed by atoms with Crippen molar-refractivity contribution in [2.45, 2.75) is 33.6 Å². The molecule has 0 bridgehead atoms. The van der Waals surface area contributed by atoms with Crippen molar-refractivity contribution in [3.63, 3.8) is 0 Å². The van der Waals surface area contributed by atoms with E-state index in [0.29, 0.717) is 24.7 Å². The third kappa shape index (κ3) is 5.43. The fraction of sp³-hybridized carbons (Fsp3) is 0.562. The lowest BCUT2D eigenvalue weighted by atomic mass is 10.1. The predicted molar refractivity (Wildman–Crippen MR) is 76.8 cm³/mol. The second-order valence-corrected chi connectivity index (χ2v) is 4.58. The molecule has 1 rings (SSSR count). The summed E-state index contributed by atoms with van der Waals surface area (Å²) in [7, 11) is 0. The first-order valence-electron chi connectivity index (χ1n) is 7.05. The van der Waals surface area contributed by atoms with Gasteiger partial charge in [0.15, 0.2) is 5.78 Å². The number of benzene rings is 1. The molecule has 0 aliphatic rings. The maximum absolute atomic E-state index is 11.9. The van der Waals surface area contributed by atoms with Crippen LogP contribution in [0.4, 0.5) is 0 Å². The number of ketones is 1. The number of hydrogen-bond donors (Lipinski definition) is 0. The van der Waals surface area contributed by atoms with Crippen molar-refractivity contribution in [1.82, 2.24) is 0 Å². The van der Waals surface area contributed by atoms with E-state index in [9.17, 15) is 4.79 Å². The highest BCUT2D eigenvalue weighted by Crippen LogP contribution is 2.13. The summed E-state index contributed by atoms with van der Waals surface area (Å²) in [6.07, 6.45) is 2.18. The predicted octanol–water partition coefficient (Wildman–Crippen LogP) is 3.72. The molecule has 0 N–H and O–H groups in total. The Hall–Kier alpha value is -1.35. The van der Waals surface area contributed by atoms with E-state index in [1.165, 1.54) is 0 Å². The van der Waals surface area contributed by atoms with E-state index >= 15 is 0 Å². The van der Waals surface area contributed by atoms with Crippen LogP contribution in [0.2, 0.25) is 0 Å². The van der Waals surface area contributed by atoms with Crippen LogP contribution in [0.25, 0.3) is 0 Å². The molecule has 0 fully saturated rings. The molecule has 1 aromatic carbocycles. The monoisotopic (exact) mass is 264 g/mol. The van der Waals surface area contributed by atoms with Crippen molar-refractivity contribution in [1.29, 1.82) is 0 Å². The van der Waals surface area contributed by atoms with E-state index in [2.05, 4.69) is 13.8 Å². The van der Waals surface area contributed by atoms with Gasteiger partial charge in [0, 0.05) is 12.2 Å². The summed E-state index contributed by atoms with van der Waals surface area (Å²) < 4.78 is 10.8. The van der Waals surface area contributed by atoms with Gasteiger partial charge in [-0.2, -0.15) is 0 Å².